The maximum Gasteiger partial charge on any atom is 0.257 e. The standard InChI is InChI=1S/C23H28N2O3/c1-5-8-15-19-18(7-3)22(27)25(16(4)12-6-2)23(28)20(19)21(26)24-17-13-10-9-11-14-17/h6,8-16,20H,5,7H2,1-4H3,(H,24,26)/b12-6-,15-8-. The van der Waals surface area contributed by atoms with Gasteiger partial charge in [0.15, 0.2) is 0 Å². The van der Waals surface area contributed by atoms with Crippen molar-refractivity contribution in [3.8, 4) is 0 Å². The van der Waals surface area contributed by atoms with Crippen molar-refractivity contribution in [2.45, 2.75) is 46.6 Å². The van der Waals surface area contributed by atoms with Crippen molar-refractivity contribution in [2.24, 2.45) is 5.92 Å². The fourth-order valence-electron chi connectivity index (χ4n) is 3.35. The summed E-state index contributed by atoms with van der Waals surface area (Å²) in [4.78, 5) is 40.6. The van der Waals surface area contributed by atoms with Gasteiger partial charge in [0.25, 0.3) is 5.91 Å². The van der Waals surface area contributed by atoms with Gasteiger partial charge in [0.2, 0.25) is 11.8 Å². The number of carbonyl (C=O) groups excluding carboxylic acids is 3. The summed E-state index contributed by atoms with van der Waals surface area (Å²) in [6, 6.07) is 8.59. The Morgan fingerprint density at radius 1 is 1.21 bits per heavy atom. The normalized spacial score (nSPS) is 19.0. The zero-order valence-electron chi connectivity index (χ0n) is 16.9. The Bertz CT molecular complexity index is 822. The second-order valence-electron chi connectivity index (χ2n) is 6.67. The van der Waals surface area contributed by atoms with Crippen LogP contribution in [0, 0.1) is 5.92 Å². The van der Waals surface area contributed by atoms with E-state index in [0.717, 1.165) is 6.42 Å². The van der Waals surface area contributed by atoms with E-state index in [1.165, 1.54) is 4.90 Å². The SMILES string of the molecule is C/C=C\C(C)N1C(=O)C(CC)=C(/C=C\CC)C(C(=O)Nc2ccccc2)C1=O. The number of hydrogen-bond acceptors (Lipinski definition) is 3. The highest BCUT2D eigenvalue weighted by Gasteiger charge is 2.44. The zero-order chi connectivity index (χ0) is 20.7. The lowest BCUT2D eigenvalue weighted by atomic mass is 9.85. The molecule has 28 heavy (non-hydrogen) atoms. The molecule has 0 bridgehead atoms. The van der Waals surface area contributed by atoms with Crippen molar-refractivity contribution >= 4 is 23.4 Å². The summed E-state index contributed by atoms with van der Waals surface area (Å²) in [6.45, 7) is 7.45. The molecule has 0 saturated heterocycles. The van der Waals surface area contributed by atoms with Crippen molar-refractivity contribution in [1.29, 1.82) is 0 Å². The van der Waals surface area contributed by atoms with Gasteiger partial charge in [0, 0.05) is 11.3 Å². The van der Waals surface area contributed by atoms with Gasteiger partial charge in [-0.25, -0.2) is 0 Å². The third-order valence-electron chi connectivity index (χ3n) is 4.69. The number of carbonyl (C=O) groups is 3. The average Bonchev–Trinajstić information content (AvgIpc) is 2.67. The van der Waals surface area contributed by atoms with Gasteiger partial charge in [0.05, 0.1) is 6.04 Å². The summed E-state index contributed by atoms with van der Waals surface area (Å²) in [5.74, 6) is -2.29. The van der Waals surface area contributed by atoms with Crippen LogP contribution < -0.4 is 5.32 Å². The molecule has 0 aromatic heterocycles. The van der Waals surface area contributed by atoms with Crippen LogP contribution in [0.15, 0.2) is 65.8 Å². The third kappa shape index (κ3) is 4.47. The quantitative estimate of drug-likeness (QED) is 0.437. The van der Waals surface area contributed by atoms with Crippen LogP contribution in [-0.4, -0.2) is 28.7 Å². The van der Waals surface area contributed by atoms with E-state index in [2.05, 4.69) is 5.32 Å². The summed E-state index contributed by atoms with van der Waals surface area (Å²) in [5.41, 5.74) is 1.62. The van der Waals surface area contributed by atoms with Gasteiger partial charge in [-0.2, -0.15) is 0 Å². The number of para-hydroxylation sites is 1. The summed E-state index contributed by atoms with van der Waals surface area (Å²) in [6.07, 6.45) is 8.40. The lowest BCUT2D eigenvalue weighted by Gasteiger charge is -2.35. The van der Waals surface area contributed by atoms with Crippen molar-refractivity contribution in [3.63, 3.8) is 0 Å². The molecule has 1 aromatic carbocycles. The number of nitrogens with zero attached hydrogens (tertiary/aromatic N) is 1. The highest BCUT2D eigenvalue weighted by molar-refractivity contribution is 6.19. The Morgan fingerprint density at radius 2 is 1.89 bits per heavy atom. The third-order valence-corrected chi connectivity index (χ3v) is 4.69. The minimum atomic E-state index is -1.05. The molecule has 5 heteroatoms. The molecule has 3 amide bonds. The highest BCUT2D eigenvalue weighted by atomic mass is 16.2. The maximum atomic E-state index is 13.3. The molecule has 1 aliphatic rings. The van der Waals surface area contributed by atoms with Crippen molar-refractivity contribution < 1.29 is 14.4 Å². The minimum Gasteiger partial charge on any atom is -0.325 e. The number of allylic oxidation sites excluding steroid dienone is 3. The molecular formula is C23H28N2O3. The Hall–Kier alpha value is -2.95. The average molecular weight is 380 g/mol. The maximum absolute atomic E-state index is 13.3. The van der Waals surface area contributed by atoms with Gasteiger partial charge in [-0.3, -0.25) is 19.3 Å². The van der Waals surface area contributed by atoms with E-state index in [-0.39, 0.29) is 5.91 Å². The number of amides is 3. The van der Waals surface area contributed by atoms with Crippen LogP contribution in [0.2, 0.25) is 0 Å². The van der Waals surface area contributed by atoms with Crippen LogP contribution in [-0.2, 0) is 14.4 Å². The van der Waals surface area contributed by atoms with E-state index in [1.807, 2.05) is 45.0 Å². The topological polar surface area (TPSA) is 66.5 Å². The first-order chi connectivity index (χ1) is 13.5. The van der Waals surface area contributed by atoms with Crippen LogP contribution in [0.4, 0.5) is 5.69 Å². The fourth-order valence-corrected chi connectivity index (χ4v) is 3.35. The van der Waals surface area contributed by atoms with Gasteiger partial charge in [0.1, 0.15) is 5.92 Å². The molecule has 0 spiro atoms. The molecule has 0 aliphatic carbocycles. The Balaban J connectivity index is 2.54. The highest BCUT2D eigenvalue weighted by Crippen LogP contribution is 2.31. The van der Waals surface area contributed by atoms with Crippen molar-refractivity contribution in [2.75, 3.05) is 5.32 Å². The molecule has 148 valence electrons. The molecule has 0 fully saturated rings. The summed E-state index contributed by atoms with van der Waals surface area (Å²) >= 11 is 0. The molecule has 1 heterocycles. The van der Waals surface area contributed by atoms with E-state index >= 15 is 0 Å². The van der Waals surface area contributed by atoms with Gasteiger partial charge < -0.3 is 5.32 Å². The summed E-state index contributed by atoms with van der Waals surface area (Å²) in [7, 11) is 0. The number of imide groups is 1. The van der Waals surface area contributed by atoms with Gasteiger partial charge in [-0.1, -0.05) is 56.4 Å². The van der Waals surface area contributed by atoms with Crippen LogP contribution in [0.3, 0.4) is 0 Å². The molecule has 0 saturated carbocycles. The molecule has 2 unspecified atom stereocenters. The van der Waals surface area contributed by atoms with E-state index in [1.54, 1.807) is 37.3 Å². The summed E-state index contributed by atoms with van der Waals surface area (Å²) < 4.78 is 0. The molecule has 1 N–H and O–H groups in total. The number of rotatable bonds is 7. The summed E-state index contributed by atoms with van der Waals surface area (Å²) in [5, 5.41) is 2.82. The minimum absolute atomic E-state index is 0.322. The van der Waals surface area contributed by atoms with Crippen molar-refractivity contribution in [3.05, 3.63) is 65.8 Å². The molecule has 1 aliphatic heterocycles. The predicted octanol–water partition coefficient (Wildman–Crippen LogP) is 4.25. The Morgan fingerprint density at radius 3 is 2.46 bits per heavy atom. The largest absolute Gasteiger partial charge is 0.325 e. The van der Waals surface area contributed by atoms with Gasteiger partial charge in [-0.15, -0.1) is 0 Å². The molecular weight excluding hydrogens is 352 g/mol. The Kier molecular flexibility index (Phi) is 7.50. The van der Waals surface area contributed by atoms with Crippen LogP contribution >= 0.6 is 0 Å². The van der Waals surface area contributed by atoms with Crippen molar-refractivity contribution in [1.82, 2.24) is 4.90 Å². The Labute approximate surface area is 166 Å². The first kappa shape index (κ1) is 21.4. The zero-order valence-corrected chi connectivity index (χ0v) is 16.9. The van der Waals surface area contributed by atoms with Crippen LogP contribution in [0.5, 0.6) is 0 Å². The van der Waals surface area contributed by atoms with E-state index < -0.39 is 23.8 Å². The number of benzene rings is 1. The van der Waals surface area contributed by atoms with Gasteiger partial charge in [-0.05, 0) is 44.4 Å². The second kappa shape index (κ2) is 9.83. The molecule has 1 aromatic rings. The number of hydrogen-bond donors (Lipinski definition) is 1. The smallest absolute Gasteiger partial charge is 0.257 e. The first-order valence-electron chi connectivity index (χ1n) is 9.71. The molecule has 0 radical (unpaired) electrons. The predicted molar refractivity (Wildman–Crippen MR) is 111 cm³/mol. The number of anilines is 1. The first-order valence-corrected chi connectivity index (χ1v) is 9.71. The van der Waals surface area contributed by atoms with E-state index in [9.17, 15) is 14.4 Å². The lowest BCUT2D eigenvalue weighted by molar-refractivity contribution is -0.149. The second-order valence-corrected chi connectivity index (χ2v) is 6.67. The van der Waals surface area contributed by atoms with Crippen LogP contribution in [0.1, 0.15) is 40.5 Å². The molecule has 2 atom stereocenters. The molecule has 2 rings (SSSR count). The van der Waals surface area contributed by atoms with E-state index in [0.29, 0.717) is 23.3 Å². The van der Waals surface area contributed by atoms with Crippen LogP contribution in [0.25, 0.3) is 0 Å². The lowest BCUT2D eigenvalue weighted by Crippen LogP contribution is -2.53. The monoisotopic (exact) mass is 380 g/mol. The number of nitrogens with one attached hydrogen (secondary N) is 1. The van der Waals surface area contributed by atoms with Gasteiger partial charge >= 0.3 is 0 Å². The van der Waals surface area contributed by atoms with E-state index in [4.69, 9.17) is 0 Å². The molecule has 5 nitrogen and oxygen atoms in total. The fraction of sp³-hybridized carbons (Fsp3) is 0.348.